The Bertz CT molecular complexity index is 831. The first-order valence-electron chi connectivity index (χ1n) is 11.6. The maximum absolute atomic E-state index is 12.5. The Morgan fingerprint density at radius 3 is 2.73 bits per heavy atom. The van der Waals surface area contributed by atoms with E-state index < -0.39 is 11.8 Å². The van der Waals surface area contributed by atoms with Crippen molar-refractivity contribution in [1.29, 1.82) is 0 Å². The fourth-order valence-electron chi connectivity index (χ4n) is 6.52. The minimum absolute atomic E-state index is 0.0261. The molecule has 30 heavy (non-hydrogen) atoms. The number of aryl methyl sites for hydroxylation is 1. The van der Waals surface area contributed by atoms with Crippen LogP contribution in [0.5, 0.6) is 11.5 Å². The molecular weight excluding hydrogens is 380 g/mol. The number of ketones is 1. The lowest BCUT2D eigenvalue weighted by Gasteiger charge is -2.50. The number of carbonyl (C=O) groups is 2. The third kappa shape index (κ3) is 3.66. The van der Waals surface area contributed by atoms with Crippen molar-refractivity contribution in [2.75, 3.05) is 0 Å². The van der Waals surface area contributed by atoms with Crippen molar-refractivity contribution in [2.24, 2.45) is 17.3 Å². The van der Waals surface area contributed by atoms with Crippen LogP contribution in [-0.2, 0) is 16.0 Å². The number of fused-ring (bicyclic) bond motifs is 5. The number of unbranched alkanes of at least 4 members (excludes halogenated alkanes) is 2. The van der Waals surface area contributed by atoms with Gasteiger partial charge in [0.2, 0.25) is 5.78 Å². The number of carbonyl (C=O) groups excluding carboxylic acids is 2. The van der Waals surface area contributed by atoms with E-state index in [-0.39, 0.29) is 29.6 Å². The van der Waals surface area contributed by atoms with Crippen molar-refractivity contribution in [3.8, 4) is 11.5 Å². The van der Waals surface area contributed by atoms with Crippen molar-refractivity contribution in [3.05, 3.63) is 23.3 Å². The third-order valence-electron chi connectivity index (χ3n) is 8.16. The molecule has 1 aromatic rings. The molecule has 1 aromatic carbocycles. The van der Waals surface area contributed by atoms with E-state index >= 15 is 0 Å². The Balaban J connectivity index is 1.59. The van der Waals surface area contributed by atoms with Gasteiger partial charge in [-0.1, -0.05) is 26.7 Å². The van der Waals surface area contributed by atoms with E-state index in [1.165, 1.54) is 6.07 Å². The van der Waals surface area contributed by atoms with Gasteiger partial charge in [-0.25, -0.2) is 4.79 Å². The van der Waals surface area contributed by atoms with Gasteiger partial charge in [0.25, 0.3) is 0 Å². The molecule has 0 unspecified atom stereocenters. The number of benzene rings is 1. The summed E-state index contributed by atoms with van der Waals surface area (Å²) in [6.45, 7) is 4.28. The predicted molar refractivity (Wildman–Crippen MR) is 114 cm³/mol. The van der Waals surface area contributed by atoms with Gasteiger partial charge in [0.05, 0.1) is 6.10 Å². The van der Waals surface area contributed by atoms with Gasteiger partial charge >= 0.3 is 5.97 Å². The zero-order valence-electron chi connectivity index (χ0n) is 18.2. The molecule has 0 amide bonds. The van der Waals surface area contributed by atoms with E-state index in [1.54, 1.807) is 6.07 Å². The summed E-state index contributed by atoms with van der Waals surface area (Å²) in [5.74, 6) is 0.265. The number of rotatable bonds is 6. The lowest BCUT2D eigenvalue weighted by Crippen LogP contribution is -2.44. The van der Waals surface area contributed by atoms with E-state index in [1.807, 2.05) is 0 Å². The van der Waals surface area contributed by atoms with Crippen LogP contribution in [-0.4, -0.2) is 28.1 Å². The van der Waals surface area contributed by atoms with Crippen LogP contribution in [0.3, 0.4) is 0 Å². The highest BCUT2D eigenvalue weighted by Gasteiger charge is 2.54. The van der Waals surface area contributed by atoms with E-state index in [0.717, 1.165) is 62.5 Å². The Kier molecular flexibility index (Phi) is 5.93. The average molecular weight is 415 g/mol. The first-order chi connectivity index (χ1) is 14.3. The molecule has 3 aliphatic carbocycles. The highest BCUT2D eigenvalue weighted by molar-refractivity contribution is 6.34. The van der Waals surface area contributed by atoms with Crippen LogP contribution in [0.25, 0.3) is 0 Å². The van der Waals surface area contributed by atoms with Crippen LogP contribution < -0.4 is 4.74 Å². The molecular formula is C25H34O5. The summed E-state index contributed by atoms with van der Waals surface area (Å²) in [5, 5.41) is 20.8. The highest BCUT2D eigenvalue weighted by Crippen LogP contribution is 2.62. The smallest absolute Gasteiger partial charge is 0.379 e. The normalized spacial score (nSPS) is 32.1. The molecule has 2 saturated carbocycles. The third-order valence-corrected chi connectivity index (χ3v) is 8.16. The first kappa shape index (κ1) is 21.4. The van der Waals surface area contributed by atoms with Crippen LogP contribution in [0.1, 0.15) is 88.7 Å². The minimum atomic E-state index is -0.821. The molecule has 164 valence electrons. The van der Waals surface area contributed by atoms with Gasteiger partial charge in [-0.05, 0) is 79.7 Å². The summed E-state index contributed by atoms with van der Waals surface area (Å²) in [5.41, 5.74) is 2.00. The number of aliphatic hydroxyl groups excluding tert-OH is 1. The number of hydrogen-bond donors (Lipinski definition) is 2. The highest BCUT2D eigenvalue weighted by atomic mass is 16.5. The van der Waals surface area contributed by atoms with Crippen molar-refractivity contribution >= 4 is 11.8 Å². The summed E-state index contributed by atoms with van der Waals surface area (Å²) in [6, 6.07) is 3.28. The van der Waals surface area contributed by atoms with Gasteiger partial charge in [0.1, 0.15) is 11.5 Å². The Morgan fingerprint density at radius 1 is 1.17 bits per heavy atom. The van der Waals surface area contributed by atoms with Crippen LogP contribution in [0.2, 0.25) is 0 Å². The molecule has 0 heterocycles. The number of ether oxygens (including phenoxy) is 1. The summed E-state index contributed by atoms with van der Waals surface area (Å²) < 4.78 is 5.59. The number of aromatic hydroxyl groups is 1. The number of phenolic OH excluding ortho intramolecular Hbond substituents is 1. The summed E-state index contributed by atoms with van der Waals surface area (Å²) in [4.78, 5) is 24.7. The predicted octanol–water partition coefficient (Wildman–Crippen LogP) is 4.66. The maximum atomic E-state index is 12.5. The first-order valence-corrected chi connectivity index (χ1v) is 11.6. The summed E-state index contributed by atoms with van der Waals surface area (Å²) in [6.07, 6.45) is 8.19. The quantitative estimate of drug-likeness (QED) is 0.306. The van der Waals surface area contributed by atoms with Gasteiger partial charge in [-0.2, -0.15) is 0 Å². The topological polar surface area (TPSA) is 83.8 Å². The number of phenols is 1. The molecule has 0 bridgehead atoms. The molecule has 0 saturated heterocycles. The van der Waals surface area contributed by atoms with Crippen LogP contribution in [0.15, 0.2) is 12.1 Å². The average Bonchev–Trinajstić information content (AvgIpc) is 3.02. The molecule has 5 atom stereocenters. The fourth-order valence-corrected chi connectivity index (χ4v) is 6.52. The minimum Gasteiger partial charge on any atom is -0.508 e. The van der Waals surface area contributed by atoms with Gasteiger partial charge in [-0.3, -0.25) is 4.79 Å². The monoisotopic (exact) mass is 414 g/mol. The molecule has 2 N–H and O–H groups in total. The zero-order chi connectivity index (χ0) is 21.5. The largest absolute Gasteiger partial charge is 0.508 e. The molecule has 0 spiro atoms. The Hall–Kier alpha value is -1.88. The van der Waals surface area contributed by atoms with E-state index in [2.05, 4.69) is 13.8 Å². The van der Waals surface area contributed by atoms with Gasteiger partial charge in [0, 0.05) is 18.1 Å². The summed E-state index contributed by atoms with van der Waals surface area (Å²) >= 11 is 0. The molecule has 3 aliphatic rings. The van der Waals surface area contributed by atoms with E-state index in [0.29, 0.717) is 24.0 Å². The standard InChI is InChI=1S/C25H34O5/c1-3-4-5-6-20(27)24(29)30-21-14-16(26)13-15-7-8-17-18(23(15)21)11-12-25(2)19(17)9-10-22(25)28/h13-14,17-19,22,26,28H,3-12H2,1-2H3/t17-,18-,19-,22-,25-/m0/s1. The molecule has 4 rings (SSSR count). The zero-order valence-corrected chi connectivity index (χ0v) is 18.2. The number of hydrogen-bond acceptors (Lipinski definition) is 5. The molecule has 5 heteroatoms. The van der Waals surface area contributed by atoms with Gasteiger partial charge in [-0.15, -0.1) is 0 Å². The van der Waals surface area contributed by atoms with E-state index in [4.69, 9.17) is 4.74 Å². The van der Waals surface area contributed by atoms with Crippen molar-refractivity contribution in [1.82, 2.24) is 0 Å². The number of aliphatic hydroxyl groups is 1. The van der Waals surface area contributed by atoms with Gasteiger partial charge in [0.15, 0.2) is 0 Å². The summed E-state index contributed by atoms with van der Waals surface area (Å²) in [7, 11) is 0. The molecule has 5 nitrogen and oxygen atoms in total. The number of esters is 1. The Morgan fingerprint density at radius 2 is 1.97 bits per heavy atom. The van der Waals surface area contributed by atoms with Crippen LogP contribution in [0.4, 0.5) is 0 Å². The van der Waals surface area contributed by atoms with Crippen LogP contribution in [0, 0.1) is 17.3 Å². The Labute approximate surface area is 178 Å². The van der Waals surface area contributed by atoms with Crippen molar-refractivity contribution in [3.63, 3.8) is 0 Å². The molecule has 0 radical (unpaired) electrons. The molecule has 0 aromatic heterocycles. The van der Waals surface area contributed by atoms with E-state index in [9.17, 15) is 19.8 Å². The van der Waals surface area contributed by atoms with Crippen molar-refractivity contribution < 1.29 is 24.5 Å². The second kappa shape index (κ2) is 8.33. The lowest BCUT2D eigenvalue weighted by atomic mass is 9.55. The number of Topliss-reactive ketones (excluding diaryl/α,β-unsaturated/α-hetero) is 1. The molecule has 2 fully saturated rings. The second-order valence-electron chi connectivity index (χ2n) is 9.84. The fraction of sp³-hybridized carbons (Fsp3) is 0.680. The lowest BCUT2D eigenvalue weighted by molar-refractivity contribution is -0.147. The second-order valence-corrected chi connectivity index (χ2v) is 9.84. The van der Waals surface area contributed by atoms with Gasteiger partial charge < -0.3 is 14.9 Å². The maximum Gasteiger partial charge on any atom is 0.379 e. The SMILES string of the molecule is CCCCCC(=O)C(=O)Oc1cc(O)cc2c1[C@H]1CC[C@]3(C)[C@@H](O)CC[C@H]3[C@H]1CC2. The molecule has 0 aliphatic heterocycles. The van der Waals surface area contributed by atoms with Crippen LogP contribution >= 0.6 is 0 Å². The van der Waals surface area contributed by atoms with Crippen molar-refractivity contribution in [2.45, 2.75) is 90.1 Å².